The van der Waals surface area contributed by atoms with Gasteiger partial charge < -0.3 is 9.15 Å². The largest absolute Gasteiger partial charge is 0.439 e. The number of fused-ring (bicyclic) bond motifs is 1. The molecule has 0 N–H and O–H groups in total. The summed E-state index contributed by atoms with van der Waals surface area (Å²) >= 11 is 0. The number of aryl methyl sites for hydroxylation is 1. The number of rotatable bonds is 6. The minimum absolute atomic E-state index is 0.143. The molecule has 1 saturated heterocycles. The highest BCUT2D eigenvalue weighted by molar-refractivity contribution is 5.87. The van der Waals surface area contributed by atoms with Crippen LogP contribution in [0.1, 0.15) is 37.3 Å². The first-order chi connectivity index (χ1) is 15.1. The molecule has 1 aliphatic heterocycles. The third-order valence-electron chi connectivity index (χ3n) is 6.81. The standard InChI is InChI=1S/C24H28N4O3/c1-15-25-12-24(31-15)22-8-17-7-19(26-10-18(17)11-27-22)9-23(29)16-3-5-20(6-4-16)28(2)21-13-30-14-21/h7-8,10-12,16,20-21H,3-6,9,13-14H2,1-2H3. The Kier molecular flexibility index (Phi) is 5.54. The van der Waals surface area contributed by atoms with Crippen LogP contribution in [-0.2, 0) is 16.0 Å². The van der Waals surface area contributed by atoms with Crippen LogP contribution in [0.4, 0.5) is 0 Å². The summed E-state index contributed by atoms with van der Waals surface area (Å²) in [7, 11) is 2.20. The van der Waals surface area contributed by atoms with Gasteiger partial charge in [-0.05, 0) is 50.2 Å². The molecule has 162 valence electrons. The van der Waals surface area contributed by atoms with Gasteiger partial charge in [-0.3, -0.25) is 19.7 Å². The number of nitrogens with zero attached hydrogens (tertiary/aromatic N) is 4. The van der Waals surface area contributed by atoms with Crippen LogP contribution in [0.25, 0.3) is 22.2 Å². The first-order valence-corrected chi connectivity index (χ1v) is 11.1. The molecule has 0 radical (unpaired) electrons. The van der Waals surface area contributed by atoms with Crippen molar-refractivity contribution in [2.45, 2.75) is 51.1 Å². The van der Waals surface area contributed by atoms with Crippen molar-refractivity contribution in [3.8, 4) is 11.5 Å². The fourth-order valence-corrected chi connectivity index (χ4v) is 4.68. The first kappa shape index (κ1) is 20.3. The van der Waals surface area contributed by atoms with Gasteiger partial charge in [0.25, 0.3) is 0 Å². The topological polar surface area (TPSA) is 81.4 Å². The maximum absolute atomic E-state index is 13.0. The summed E-state index contributed by atoms with van der Waals surface area (Å²) in [6.45, 7) is 3.50. The monoisotopic (exact) mass is 420 g/mol. The van der Waals surface area contributed by atoms with Crippen molar-refractivity contribution in [3.63, 3.8) is 0 Å². The van der Waals surface area contributed by atoms with Crippen molar-refractivity contribution < 1.29 is 13.9 Å². The Labute approximate surface area is 181 Å². The van der Waals surface area contributed by atoms with Gasteiger partial charge >= 0.3 is 0 Å². The van der Waals surface area contributed by atoms with E-state index in [1.165, 1.54) is 0 Å². The molecule has 7 nitrogen and oxygen atoms in total. The van der Waals surface area contributed by atoms with Gasteiger partial charge in [0, 0.05) is 48.8 Å². The molecule has 2 fully saturated rings. The van der Waals surface area contributed by atoms with Crippen molar-refractivity contribution in [1.82, 2.24) is 19.9 Å². The lowest BCUT2D eigenvalue weighted by molar-refractivity contribution is -0.124. The van der Waals surface area contributed by atoms with E-state index in [9.17, 15) is 4.79 Å². The Balaban J connectivity index is 1.24. The van der Waals surface area contributed by atoms with Crippen molar-refractivity contribution in [3.05, 3.63) is 42.3 Å². The number of pyridine rings is 2. The summed E-state index contributed by atoms with van der Waals surface area (Å²) in [6.07, 6.45) is 9.75. The van der Waals surface area contributed by atoms with Gasteiger partial charge in [-0.25, -0.2) is 4.98 Å². The predicted octanol–water partition coefficient (Wildman–Crippen LogP) is 3.59. The lowest BCUT2D eigenvalue weighted by atomic mass is 9.81. The third-order valence-corrected chi connectivity index (χ3v) is 6.81. The highest BCUT2D eigenvalue weighted by atomic mass is 16.5. The Morgan fingerprint density at radius 1 is 1.00 bits per heavy atom. The van der Waals surface area contributed by atoms with Gasteiger partial charge in [0.1, 0.15) is 11.5 Å². The van der Waals surface area contributed by atoms with Crippen molar-refractivity contribution in [2.75, 3.05) is 20.3 Å². The summed E-state index contributed by atoms with van der Waals surface area (Å²) in [5.74, 6) is 1.70. The molecule has 0 unspecified atom stereocenters. The molecule has 0 spiro atoms. The summed E-state index contributed by atoms with van der Waals surface area (Å²) in [5, 5.41) is 1.95. The van der Waals surface area contributed by atoms with Crippen molar-refractivity contribution in [1.29, 1.82) is 0 Å². The summed E-state index contributed by atoms with van der Waals surface area (Å²) < 4.78 is 10.9. The lowest BCUT2D eigenvalue weighted by Gasteiger charge is -2.42. The number of carbonyl (C=O) groups excluding carboxylic acids is 1. The molecule has 5 rings (SSSR count). The van der Waals surface area contributed by atoms with Crippen LogP contribution in [0.5, 0.6) is 0 Å². The number of aromatic nitrogens is 3. The third kappa shape index (κ3) is 4.25. The Morgan fingerprint density at radius 2 is 1.77 bits per heavy atom. The van der Waals surface area contributed by atoms with Gasteiger partial charge in [0.2, 0.25) is 0 Å². The second-order valence-electron chi connectivity index (χ2n) is 8.84. The van der Waals surface area contributed by atoms with Crippen LogP contribution in [0.15, 0.2) is 35.1 Å². The van der Waals surface area contributed by atoms with Crippen LogP contribution < -0.4 is 0 Å². The molecule has 2 aliphatic rings. The molecule has 7 heteroatoms. The Bertz CT molecular complexity index is 1080. The summed E-state index contributed by atoms with van der Waals surface area (Å²) in [4.78, 5) is 28.5. The molecule has 1 aliphatic carbocycles. The Morgan fingerprint density at radius 3 is 2.45 bits per heavy atom. The van der Waals surface area contributed by atoms with Crippen LogP contribution in [-0.4, -0.2) is 58.0 Å². The summed E-state index contributed by atoms with van der Waals surface area (Å²) in [5.41, 5.74) is 1.55. The molecular weight excluding hydrogens is 392 g/mol. The van der Waals surface area contributed by atoms with Crippen LogP contribution in [0.2, 0.25) is 0 Å². The van der Waals surface area contributed by atoms with E-state index in [1.54, 1.807) is 18.6 Å². The first-order valence-electron chi connectivity index (χ1n) is 11.1. The zero-order valence-electron chi connectivity index (χ0n) is 18.1. The second kappa shape index (κ2) is 8.48. The predicted molar refractivity (Wildman–Crippen MR) is 117 cm³/mol. The minimum Gasteiger partial charge on any atom is -0.439 e. The number of hydrogen-bond donors (Lipinski definition) is 0. The SMILES string of the molecule is Cc1ncc(-c2cc3cc(CC(=O)C4CCC(N(C)C5COC5)CC4)ncc3cn2)o1. The molecule has 1 saturated carbocycles. The molecule has 0 atom stereocenters. The van der Waals surface area contributed by atoms with Crippen LogP contribution in [0, 0.1) is 12.8 Å². The number of hydrogen-bond acceptors (Lipinski definition) is 7. The van der Waals surface area contributed by atoms with Crippen molar-refractivity contribution in [2.24, 2.45) is 5.92 Å². The number of ether oxygens (including phenoxy) is 1. The normalized spacial score (nSPS) is 22.0. The average molecular weight is 421 g/mol. The molecule has 4 heterocycles. The van der Waals surface area contributed by atoms with E-state index < -0.39 is 0 Å². The minimum atomic E-state index is 0.143. The maximum Gasteiger partial charge on any atom is 0.191 e. The molecule has 3 aromatic rings. The summed E-state index contributed by atoms with van der Waals surface area (Å²) in [6, 6.07) is 5.09. The highest BCUT2D eigenvalue weighted by Crippen LogP contribution is 2.30. The van der Waals surface area contributed by atoms with E-state index in [-0.39, 0.29) is 5.92 Å². The molecule has 0 amide bonds. The van der Waals surface area contributed by atoms with E-state index >= 15 is 0 Å². The average Bonchev–Trinajstić information content (AvgIpc) is 3.18. The number of Topliss-reactive ketones (excluding diaryl/α,β-unsaturated/α-hetero) is 1. The fourth-order valence-electron chi connectivity index (χ4n) is 4.68. The van der Waals surface area contributed by atoms with Crippen LogP contribution in [0.3, 0.4) is 0 Å². The zero-order chi connectivity index (χ0) is 21.4. The second-order valence-corrected chi connectivity index (χ2v) is 8.84. The number of oxazole rings is 1. The van der Waals surface area contributed by atoms with Gasteiger partial charge in [-0.15, -0.1) is 0 Å². The van der Waals surface area contributed by atoms with E-state index in [1.807, 2.05) is 19.1 Å². The Hall–Kier alpha value is -2.64. The van der Waals surface area contributed by atoms with Crippen LogP contribution >= 0.6 is 0 Å². The smallest absolute Gasteiger partial charge is 0.191 e. The number of ketones is 1. The fraction of sp³-hybridized carbons (Fsp3) is 0.500. The van der Waals surface area contributed by atoms with Gasteiger partial charge in [0.05, 0.1) is 25.5 Å². The maximum atomic E-state index is 13.0. The van der Waals surface area contributed by atoms with Gasteiger partial charge in [-0.1, -0.05) is 0 Å². The quantitative estimate of drug-likeness (QED) is 0.603. The van der Waals surface area contributed by atoms with Crippen molar-refractivity contribution >= 4 is 16.6 Å². The molecule has 0 bridgehead atoms. The van der Waals surface area contributed by atoms with Gasteiger partial charge in [-0.2, -0.15) is 0 Å². The molecular formula is C24H28N4O3. The molecule has 31 heavy (non-hydrogen) atoms. The van der Waals surface area contributed by atoms with E-state index in [2.05, 4.69) is 26.9 Å². The van der Waals surface area contributed by atoms with E-state index in [0.717, 1.165) is 61.1 Å². The zero-order valence-corrected chi connectivity index (χ0v) is 18.1. The lowest BCUT2D eigenvalue weighted by Crippen LogP contribution is -2.52. The number of likely N-dealkylation sites (N-methyl/N-ethyl adjacent to an activating group) is 1. The van der Waals surface area contributed by atoms with Gasteiger partial charge in [0.15, 0.2) is 11.7 Å². The molecule has 0 aromatic carbocycles. The van der Waals surface area contributed by atoms with E-state index in [4.69, 9.17) is 9.15 Å². The highest BCUT2D eigenvalue weighted by Gasteiger charge is 2.33. The van der Waals surface area contributed by atoms with E-state index in [0.29, 0.717) is 35.9 Å². The number of carbonyl (C=O) groups is 1. The molecule has 3 aromatic heterocycles.